The zero-order chi connectivity index (χ0) is 17.2. The summed E-state index contributed by atoms with van der Waals surface area (Å²) in [7, 11) is 1.68. The Labute approximate surface area is 148 Å². The average Bonchev–Trinajstić information content (AvgIpc) is 2.60. The molecule has 0 heterocycles. The van der Waals surface area contributed by atoms with Crippen LogP contribution in [0.15, 0.2) is 54.6 Å². The van der Waals surface area contributed by atoms with E-state index in [4.69, 9.17) is 21.1 Å². The molecule has 2 aromatic rings. The molecule has 2 aromatic carbocycles. The van der Waals surface area contributed by atoms with Crippen molar-refractivity contribution in [3.63, 3.8) is 0 Å². The van der Waals surface area contributed by atoms with Gasteiger partial charge in [-0.3, -0.25) is 4.90 Å². The van der Waals surface area contributed by atoms with Gasteiger partial charge in [0.25, 0.3) is 0 Å². The Morgan fingerprint density at radius 1 is 1.08 bits per heavy atom. The molecule has 0 saturated heterocycles. The van der Waals surface area contributed by atoms with Crippen molar-refractivity contribution in [2.24, 2.45) is 0 Å². The first-order valence-corrected chi connectivity index (χ1v) is 8.37. The van der Waals surface area contributed by atoms with Crippen LogP contribution in [0.5, 0.6) is 5.75 Å². The molecule has 0 fully saturated rings. The van der Waals surface area contributed by atoms with Crippen molar-refractivity contribution in [3.05, 3.63) is 65.2 Å². The first-order chi connectivity index (χ1) is 11.7. The van der Waals surface area contributed by atoms with Gasteiger partial charge in [-0.2, -0.15) is 0 Å². The Bertz CT molecular complexity index is 577. The van der Waals surface area contributed by atoms with Crippen molar-refractivity contribution in [2.45, 2.75) is 12.6 Å². The predicted molar refractivity (Wildman–Crippen MR) is 96.5 cm³/mol. The third-order valence-corrected chi connectivity index (χ3v) is 3.84. The molecule has 5 heteroatoms. The average molecular weight is 350 g/mol. The summed E-state index contributed by atoms with van der Waals surface area (Å²) in [5.41, 5.74) is 1.21. The van der Waals surface area contributed by atoms with Crippen LogP contribution < -0.4 is 4.74 Å². The van der Waals surface area contributed by atoms with Gasteiger partial charge < -0.3 is 14.6 Å². The van der Waals surface area contributed by atoms with Crippen LogP contribution in [0.2, 0.25) is 5.02 Å². The molecule has 0 spiro atoms. The van der Waals surface area contributed by atoms with Gasteiger partial charge in [0.05, 0.1) is 6.61 Å². The summed E-state index contributed by atoms with van der Waals surface area (Å²) in [6, 6.07) is 17.3. The standard InChI is InChI=1S/C19H24ClNO3/c1-23-12-11-21(13-16-5-3-2-4-6-16)14-18(22)15-24-19-9-7-17(20)8-10-19/h2-10,18,22H,11-15H2,1H3. The van der Waals surface area contributed by atoms with Crippen molar-refractivity contribution in [1.82, 2.24) is 4.90 Å². The first kappa shape index (κ1) is 18.7. The Hall–Kier alpha value is -1.59. The van der Waals surface area contributed by atoms with Crippen LogP contribution in [0.4, 0.5) is 0 Å². The molecule has 0 amide bonds. The maximum Gasteiger partial charge on any atom is 0.119 e. The Morgan fingerprint density at radius 2 is 1.79 bits per heavy atom. The number of benzene rings is 2. The second kappa shape index (κ2) is 10.3. The van der Waals surface area contributed by atoms with E-state index in [1.54, 1.807) is 31.4 Å². The van der Waals surface area contributed by atoms with Crippen molar-refractivity contribution >= 4 is 11.6 Å². The van der Waals surface area contributed by atoms with Gasteiger partial charge in [-0.05, 0) is 29.8 Å². The minimum Gasteiger partial charge on any atom is -0.491 e. The van der Waals surface area contributed by atoms with E-state index in [1.807, 2.05) is 18.2 Å². The van der Waals surface area contributed by atoms with E-state index in [0.717, 1.165) is 13.1 Å². The highest BCUT2D eigenvalue weighted by Gasteiger charge is 2.13. The van der Waals surface area contributed by atoms with E-state index in [0.29, 0.717) is 23.9 Å². The highest BCUT2D eigenvalue weighted by molar-refractivity contribution is 6.30. The highest BCUT2D eigenvalue weighted by atomic mass is 35.5. The number of hydrogen-bond donors (Lipinski definition) is 1. The lowest BCUT2D eigenvalue weighted by Crippen LogP contribution is -2.37. The van der Waals surface area contributed by atoms with Gasteiger partial charge in [0, 0.05) is 31.8 Å². The molecule has 4 nitrogen and oxygen atoms in total. The lowest BCUT2D eigenvalue weighted by atomic mass is 10.2. The van der Waals surface area contributed by atoms with Gasteiger partial charge in [-0.25, -0.2) is 0 Å². The van der Waals surface area contributed by atoms with Crippen LogP contribution in [0.25, 0.3) is 0 Å². The summed E-state index contributed by atoms with van der Waals surface area (Å²) in [4.78, 5) is 2.16. The third-order valence-electron chi connectivity index (χ3n) is 3.59. The summed E-state index contributed by atoms with van der Waals surface area (Å²) in [6.07, 6.45) is -0.582. The molecule has 0 saturated carbocycles. The molecule has 2 rings (SSSR count). The predicted octanol–water partition coefficient (Wildman–Crippen LogP) is 3.23. The summed E-state index contributed by atoms with van der Waals surface area (Å²) >= 11 is 5.85. The quantitative estimate of drug-likeness (QED) is 0.715. The second-order valence-electron chi connectivity index (χ2n) is 5.63. The second-order valence-corrected chi connectivity index (χ2v) is 6.07. The number of methoxy groups -OCH3 is 1. The van der Waals surface area contributed by atoms with Crippen LogP contribution in [0.3, 0.4) is 0 Å². The smallest absolute Gasteiger partial charge is 0.119 e. The Kier molecular flexibility index (Phi) is 8.05. The molecule has 1 unspecified atom stereocenters. The van der Waals surface area contributed by atoms with Crippen molar-refractivity contribution in [3.8, 4) is 5.75 Å². The summed E-state index contributed by atoms with van der Waals surface area (Å²) in [5, 5.41) is 10.9. The summed E-state index contributed by atoms with van der Waals surface area (Å²) in [6.45, 7) is 2.90. The van der Waals surface area contributed by atoms with E-state index in [9.17, 15) is 5.11 Å². The monoisotopic (exact) mass is 349 g/mol. The number of hydrogen-bond acceptors (Lipinski definition) is 4. The Balaban J connectivity index is 1.84. The fourth-order valence-electron chi connectivity index (χ4n) is 2.37. The fraction of sp³-hybridized carbons (Fsp3) is 0.368. The maximum absolute atomic E-state index is 10.3. The first-order valence-electron chi connectivity index (χ1n) is 7.99. The van der Waals surface area contributed by atoms with Gasteiger partial charge in [-0.1, -0.05) is 41.9 Å². The normalized spacial score (nSPS) is 12.3. The lowest BCUT2D eigenvalue weighted by Gasteiger charge is -2.25. The van der Waals surface area contributed by atoms with E-state index < -0.39 is 6.10 Å². The molecule has 0 bridgehead atoms. The zero-order valence-electron chi connectivity index (χ0n) is 13.9. The van der Waals surface area contributed by atoms with Gasteiger partial charge >= 0.3 is 0 Å². The van der Waals surface area contributed by atoms with Crippen LogP contribution in [-0.4, -0.2) is 49.5 Å². The zero-order valence-corrected chi connectivity index (χ0v) is 14.7. The molecule has 0 aliphatic carbocycles. The molecule has 130 valence electrons. The molecular formula is C19H24ClNO3. The van der Waals surface area contributed by atoms with Gasteiger partial charge in [-0.15, -0.1) is 0 Å². The van der Waals surface area contributed by atoms with Crippen LogP contribution in [-0.2, 0) is 11.3 Å². The lowest BCUT2D eigenvalue weighted by molar-refractivity contribution is 0.0542. The molecule has 1 N–H and O–H groups in total. The van der Waals surface area contributed by atoms with Crippen LogP contribution >= 0.6 is 11.6 Å². The van der Waals surface area contributed by atoms with E-state index in [2.05, 4.69) is 17.0 Å². The number of nitrogens with zero attached hydrogens (tertiary/aromatic N) is 1. The minimum atomic E-state index is -0.582. The van der Waals surface area contributed by atoms with E-state index in [1.165, 1.54) is 5.56 Å². The van der Waals surface area contributed by atoms with Crippen LogP contribution in [0.1, 0.15) is 5.56 Å². The molecule has 0 aliphatic rings. The number of aliphatic hydroxyl groups excluding tert-OH is 1. The van der Waals surface area contributed by atoms with Crippen molar-refractivity contribution < 1.29 is 14.6 Å². The topological polar surface area (TPSA) is 41.9 Å². The fourth-order valence-corrected chi connectivity index (χ4v) is 2.50. The summed E-state index contributed by atoms with van der Waals surface area (Å²) < 4.78 is 10.8. The minimum absolute atomic E-state index is 0.236. The number of halogens is 1. The van der Waals surface area contributed by atoms with Gasteiger partial charge in [0.15, 0.2) is 0 Å². The molecule has 0 radical (unpaired) electrons. The SMILES string of the molecule is COCCN(Cc1ccccc1)CC(O)COc1ccc(Cl)cc1. The number of rotatable bonds is 10. The van der Waals surface area contributed by atoms with Gasteiger partial charge in [0.2, 0.25) is 0 Å². The maximum atomic E-state index is 10.3. The van der Waals surface area contributed by atoms with E-state index >= 15 is 0 Å². The summed E-state index contributed by atoms with van der Waals surface area (Å²) in [5.74, 6) is 0.699. The van der Waals surface area contributed by atoms with E-state index in [-0.39, 0.29) is 6.61 Å². The van der Waals surface area contributed by atoms with Crippen molar-refractivity contribution in [1.29, 1.82) is 0 Å². The number of aliphatic hydroxyl groups is 1. The Morgan fingerprint density at radius 3 is 2.46 bits per heavy atom. The largest absolute Gasteiger partial charge is 0.491 e. The van der Waals surface area contributed by atoms with Crippen LogP contribution in [0, 0.1) is 0 Å². The molecule has 24 heavy (non-hydrogen) atoms. The highest BCUT2D eigenvalue weighted by Crippen LogP contribution is 2.15. The molecule has 0 aromatic heterocycles. The molecule has 1 atom stereocenters. The molecule has 0 aliphatic heterocycles. The molecular weight excluding hydrogens is 326 g/mol. The van der Waals surface area contributed by atoms with Crippen molar-refractivity contribution in [2.75, 3.05) is 33.4 Å². The number of ether oxygens (including phenoxy) is 2. The third kappa shape index (κ3) is 6.89. The van der Waals surface area contributed by atoms with Gasteiger partial charge in [0.1, 0.15) is 18.5 Å².